The van der Waals surface area contributed by atoms with E-state index in [1.807, 2.05) is 13.8 Å². The molecule has 114 valence electrons. The highest BCUT2D eigenvalue weighted by Gasteiger charge is 2.35. The van der Waals surface area contributed by atoms with Crippen LogP contribution in [0.3, 0.4) is 0 Å². The van der Waals surface area contributed by atoms with E-state index in [2.05, 4.69) is 10.6 Å². The number of nitrogens with zero attached hydrogens (tertiary/aromatic N) is 1. The molecule has 2 N–H and O–H groups in total. The Morgan fingerprint density at radius 1 is 1.35 bits per heavy atom. The van der Waals surface area contributed by atoms with Gasteiger partial charge < -0.3 is 15.5 Å². The molecule has 0 radical (unpaired) electrons. The highest BCUT2D eigenvalue weighted by Crippen LogP contribution is 2.19. The van der Waals surface area contributed by atoms with E-state index in [4.69, 9.17) is 11.6 Å². The lowest BCUT2D eigenvalue weighted by atomic mass is 10.1. The Bertz CT molecular complexity index is 374. The summed E-state index contributed by atoms with van der Waals surface area (Å²) < 4.78 is 0. The standard InChI is InChI=1S/C13H22ClN3O3/c1-9(2)17-8-10(7-12(17)19)13(20)16-6-5-15-11(18)3-4-14/h9-10H,3-8H2,1-2H3,(H,15,18)(H,16,20). The Morgan fingerprint density at radius 2 is 2.00 bits per heavy atom. The van der Waals surface area contributed by atoms with Crippen LogP contribution >= 0.6 is 11.6 Å². The zero-order chi connectivity index (χ0) is 15.1. The predicted octanol–water partition coefficient (Wildman–Crippen LogP) is 0.105. The zero-order valence-electron chi connectivity index (χ0n) is 11.9. The molecule has 1 aliphatic heterocycles. The van der Waals surface area contributed by atoms with E-state index < -0.39 is 0 Å². The van der Waals surface area contributed by atoms with Gasteiger partial charge in [0.2, 0.25) is 17.7 Å². The van der Waals surface area contributed by atoms with Crippen LogP contribution in [-0.4, -0.2) is 54.2 Å². The number of carbonyl (C=O) groups excluding carboxylic acids is 3. The quantitative estimate of drug-likeness (QED) is 0.517. The number of carbonyl (C=O) groups is 3. The Hall–Kier alpha value is -1.30. The van der Waals surface area contributed by atoms with Gasteiger partial charge in [0.15, 0.2) is 0 Å². The van der Waals surface area contributed by atoms with Crippen LogP contribution in [0.5, 0.6) is 0 Å². The van der Waals surface area contributed by atoms with E-state index in [-0.39, 0.29) is 48.4 Å². The van der Waals surface area contributed by atoms with Crippen LogP contribution in [0.1, 0.15) is 26.7 Å². The summed E-state index contributed by atoms with van der Waals surface area (Å²) in [6, 6.07) is 0.121. The summed E-state index contributed by atoms with van der Waals surface area (Å²) in [5.74, 6) is -0.240. The van der Waals surface area contributed by atoms with Crippen molar-refractivity contribution >= 4 is 29.3 Å². The molecule has 3 amide bonds. The van der Waals surface area contributed by atoms with Gasteiger partial charge in [-0.1, -0.05) is 0 Å². The molecule has 0 aromatic carbocycles. The van der Waals surface area contributed by atoms with Crippen molar-refractivity contribution in [2.24, 2.45) is 5.92 Å². The number of alkyl halides is 1. The van der Waals surface area contributed by atoms with E-state index >= 15 is 0 Å². The van der Waals surface area contributed by atoms with Crippen molar-refractivity contribution < 1.29 is 14.4 Å². The first-order chi connectivity index (χ1) is 9.45. The minimum atomic E-state index is -0.288. The zero-order valence-corrected chi connectivity index (χ0v) is 12.7. The van der Waals surface area contributed by atoms with E-state index in [9.17, 15) is 14.4 Å². The van der Waals surface area contributed by atoms with Gasteiger partial charge >= 0.3 is 0 Å². The number of hydrogen-bond acceptors (Lipinski definition) is 3. The molecular weight excluding hydrogens is 282 g/mol. The number of nitrogens with one attached hydrogen (secondary N) is 2. The molecule has 1 rings (SSSR count). The Labute approximate surface area is 124 Å². The molecule has 1 fully saturated rings. The van der Waals surface area contributed by atoms with Crippen molar-refractivity contribution in [3.63, 3.8) is 0 Å². The lowest BCUT2D eigenvalue weighted by Gasteiger charge is -2.20. The smallest absolute Gasteiger partial charge is 0.225 e. The first-order valence-electron chi connectivity index (χ1n) is 6.85. The Balaban J connectivity index is 2.24. The lowest BCUT2D eigenvalue weighted by Crippen LogP contribution is -2.39. The summed E-state index contributed by atoms with van der Waals surface area (Å²) in [5.41, 5.74) is 0. The second-order valence-electron chi connectivity index (χ2n) is 5.12. The molecule has 1 atom stereocenters. The van der Waals surface area contributed by atoms with Gasteiger partial charge in [-0.3, -0.25) is 14.4 Å². The molecule has 20 heavy (non-hydrogen) atoms. The predicted molar refractivity (Wildman–Crippen MR) is 76.3 cm³/mol. The van der Waals surface area contributed by atoms with E-state index in [0.29, 0.717) is 19.6 Å². The fourth-order valence-corrected chi connectivity index (χ4v) is 2.28. The second-order valence-corrected chi connectivity index (χ2v) is 5.50. The third-order valence-corrected chi connectivity index (χ3v) is 3.41. The van der Waals surface area contributed by atoms with Gasteiger partial charge in [-0.15, -0.1) is 11.6 Å². The fourth-order valence-electron chi connectivity index (χ4n) is 2.11. The van der Waals surface area contributed by atoms with Crippen LogP contribution in [0.2, 0.25) is 0 Å². The molecule has 0 spiro atoms. The summed E-state index contributed by atoms with van der Waals surface area (Å²) in [7, 11) is 0. The van der Waals surface area contributed by atoms with E-state index in [0.717, 1.165) is 0 Å². The second kappa shape index (κ2) is 8.09. The molecule has 1 saturated heterocycles. The maximum Gasteiger partial charge on any atom is 0.225 e. The monoisotopic (exact) mass is 303 g/mol. The molecule has 0 bridgehead atoms. The number of halogens is 1. The first-order valence-corrected chi connectivity index (χ1v) is 7.39. The van der Waals surface area contributed by atoms with Gasteiger partial charge in [0.05, 0.1) is 5.92 Å². The van der Waals surface area contributed by atoms with Crippen molar-refractivity contribution in [2.75, 3.05) is 25.5 Å². The third kappa shape index (κ3) is 5.00. The van der Waals surface area contributed by atoms with Gasteiger partial charge in [-0.05, 0) is 13.8 Å². The van der Waals surface area contributed by atoms with Crippen molar-refractivity contribution in [3.05, 3.63) is 0 Å². The molecule has 1 heterocycles. The molecule has 0 aliphatic carbocycles. The molecule has 1 unspecified atom stereocenters. The summed E-state index contributed by atoms with van der Waals surface area (Å²) in [4.78, 5) is 36.5. The van der Waals surface area contributed by atoms with Crippen molar-refractivity contribution in [3.8, 4) is 0 Å². The van der Waals surface area contributed by atoms with Gasteiger partial charge in [0.25, 0.3) is 0 Å². The Kier molecular flexibility index (Phi) is 6.78. The SMILES string of the molecule is CC(C)N1CC(C(=O)NCCNC(=O)CCCl)CC1=O. The van der Waals surface area contributed by atoms with Crippen LogP contribution in [0, 0.1) is 5.92 Å². The van der Waals surface area contributed by atoms with Gasteiger partial charge in [-0.25, -0.2) is 0 Å². The van der Waals surface area contributed by atoms with Crippen molar-refractivity contribution in [1.29, 1.82) is 0 Å². The molecule has 0 aromatic rings. The third-order valence-electron chi connectivity index (χ3n) is 3.22. The maximum absolute atomic E-state index is 11.9. The minimum absolute atomic E-state index is 0.0237. The highest BCUT2D eigenvalue weighted by atomic mass is 35.5. The number of amides is 3. The van der Waals surface area contributed by atoms with E-state index in [1.165, 1.54) is 0 Å². The average molecular weight is 304 g/mol. The molecular formula is C13H22ClN3O3. The van der Waals surface area contributed by atoms with Crippen molar-refractivity contribution in [2.45, 2.75) is 32.7 Å². The lowest BCUT2D eigenvalue weighted by molar-refractivity contribution is -0.129. The van der Waals surface area contributed by atoms with Crippen LogP contribution in [-0.2, 0) is 14.4 Å². The van der Waals surface area contributed by atoms with Gasteiger partial charge in [-0.2, -0.15) is 0 Å². The Morgan fingerprint density at radius 3 is 2.55 bits per heavy atom. The largest absolute Gasteiger partial charge is 0.354 e. The topological polar surface area (TPSA) is 78.5 Å². The summed E-state index contributed by atoms with van der Waals surface area (Å²) in [5, 5.41) is 5.39. The normalized spacial score (nSPS) is 18.5. The van der Waals surface area contributed by atoms with Crippen LogP contribution in [0.15, 0.2) is 0 Å². The minimum Gasteiger partial charge on any atom is -0.354 e. The highest BCUT2D eigenvalue weighted by molar-refractivity contribution is 6.18. The van der Waals surface area contributed by atoms with Crippen LogP contribution in [0.4, 0.5) is 0 Å². The number of likely N-dealkylation sites (tertiary alicyclic amines) is 1. The first kappa shape index (κ1) is 16.8. The fraction of sp³-hybridized carbons (Fsp3) is 0.769. The summed E-state index contributed by atoms with van der Waals surface area (Å²) in [6.07, 6.45) is 0.540. The number of rotatable bonds is 7. The molecule has 1 aliphatic rings. The summed E-state index contributed by atoms with van der Waals surface area (Å²) >= 11 is 5.43. The number of hydrogen-bond donors (Lipinski definition) is 2. The molecule has 0 aromatic heterocycles. The maximum atomic E-state index is 11.9. The average Bonchev–Trinajstić information content (AvgIpc) is 2.77. The van der Waals surface area contributed by atoms with Gasteiger partial charge in [0.1, 0.15) is 0 Å². The van der Waals surface area contributed by atoms with Gasteiger partial charge in [0, 0.05) is 44.4 Å². The molecule has 0 saturated carbocycles. The van der Waals surface area contributed by atoms with E-state index in [1.54, 1.807) is 4.90 Å². The summed E-state index contributed by atoms with van der Waals surface area (Å²) in [6.45, 7) is 5.07. The molecule has 6 nitrogen and oxygen atoms in total. The van der Waals surface area contributed by atoms with Crippen molar-refractivity contribution in [1.82, 2.24) is 15.5 Å². The van der Waals surface area contributed by atoms with Crippen LogP contribution in [0.25, 0.3) is 0 Å². The van der Waals surface area contributed by atoms with Crippen LogP contribution < -0.4 is 10.6 Å². The molecule has 7 heteroatoms.